The fourth-order valence-electron chi connectivity index (χ4n) is 5.28. The van der Waals surface area contributed by atoms with Crippen LogP contribution in [0, 0.1) is 18.6 Å². The first kappa shape index (κ1) is 28.1. The lowest BCUT2D eigenvalue weighted by atomic mass is 9.91. The molecule has 2 unspecified atom stereocenters. The van der Waals surface area contributed by atoms with Crippen molar-refractivity contribution in [2.24, 2.45) is 0 Å². The van der Waals surface area contributed by atoms with Crippen LogP contribution in [0.1, 0.15) is 24.3 Å². The molecule has 2 fully saturated rings. The second kappa shape index (κ2) is 11.3. The Morgan fingerprint density at radius 3 is 2.50 bits per heavy atom. The molecule has 2 aromatic carbocycles. The van der Waals surface area contributed by atoms with Gasteiger partial charge in [-0.25, -0.2) is 27.2 Å². The van der Waals surface area contributed by atoms with Gasteiger partial charge in [-0.15, -0.1) is 0 Å². The number of morpholine rings is 1. The predicted octanol–water partition coefficient (Wildman–Crippen LogP) is 4.07. The van der Waals surface area contributed by atoms with Crippen LogP contribution in [-0.4, -0.2) is 71.1 Å². The van der Waals surface area contributed by atoms with Crippen LogP contribution >= 0.6 is 0 Å². The molecule has 14 heteroatoms. The molecule has 2 aliphatic rings. The Morgan fingerprint density at radius 1 is 1.07 bits per heavy atom. The molecule has 4 heterocycles. The zero-order valence-corrected chi connectivity index (χ0v) is 23.6. The van der Waals surface area contributed by atoms with E-state index in [1.54, 1.807) is 19.1 Å². The molecule has 0 aliphatic carbocycles. The number of nitrogens with one attached hydrogen (secondary N) is 1. The highest BCUT2D eigenvalue weighted by Crippen LogP contribution is 2.33. The van der Waals surface area contributed by atoms with Crippen LogP contribution in [0.25, 0.3) is 11.4 Å². The molecule has 4 aromatic rings. The van der Waals surface area contributed by atoms with E-state index in [0.29, 0.717) is 67.1 Å². The van der Waals surface area contributed by atoms with Crippen LogP contribution in [0.2, 0.25) is 0 Å². The van der Waals surface area contributed by atoms with Crippen molar-refractivity contribution in [1.29, 1.82) is 0 Å². The number of fused-ring (bicyclic) bond motifs is 2. The highest BCUT2D eigenvalue weighted by atomic mass is 32.2. The molecule has 0 radical (unpaired) electrons. The maximum Gasteiger partial charge on any atom is 0.241 e. The summed E-state index contributed by atoms with van der Waals surface area (Å²) in [5.41, 5.74) is 1.34. The molecule has 0 spiro atoms. The molecule has 2 atom stereocenters. The van der Waals surface area contributed by atoms with Gasteiger partial charge in [-0.05, 0) is 49.4 Å². The van der Waals surface area contributed by atoms with E-state index in [1.807, 2.05) is 0 Å². The van der Waals surface area contributed by atoms with E-state index < -0.39 is 15.7 Å². The van der Waals surface area contributed by atoms with Crippen LogP contribution in [0.15, 0.2) is 58.2 Å². The van der Waals surface area contributed by atoms with Gasteiger partial charge in [0.25, 0.3) is 0 Å². The van der Waals surface area contributed by atoms with Gasteiger partial charge in [-0.2, -0.15) is 4.98 Å². The Bertz CT molecular complexity index is 1690. The van der Waals surface area contributed by atoms with Gasteiger partial charge in [0.1, 0.15) is 29.9 Å². The molecule has 2 saturated heterocycles. The molecule has 2 bridgehead atoms. The average Bonchev–Trinajstić information content (AvgIpc) is 3.40. The number of anilines is 2. The summed E-state index contributed by atoms with van der Waals surface area (Å²) >= 11 is 0. The lowest BCUT2D eigenvalue weighted by Crippen LogP contribution is -2.58. The van der Waals surface area contributed by atoms with Crippen molar-refractivity contribution in [2.45, 2.75) is 49.4 Å². The number of hydrogen-bond donors (Lipinski definition) is 1. The lowest BCUT2D eigenvalue weighted by molar-refractivity contribution is -0.107. The third kappa shape index (κ3) is 5.96. The summed E-state index contributed by atoms with van der Waals surface area (Å²) in [5, 5.41) is 6.97. The van der Waals surface area contributed by atoms with Gasteiger partial charge >= 0.3 is 0 Å². The Morgan fingerprint density at radius 2 is 1.81 bits per heavy atom. The molecule has 42 heavy (non-hydrogen) atoms. The van der Waals surface area contributed by atoms with Crippen molar-refractivity contribution < 1.29 is 31.2 Å². The quantitative estimate of drug-likeness (QED) is 0.315. The van der Waals surface area contributed by atoms with Crippen LogP contribution in [0.5, 0.6) is 5.88 Å². The van der Waals surface area contributed by atoms with E-state index in [0.717, 1.165) is 12.3 Å². The zero-order valence-electron chi connectivity index (χ0n) is 22.8. The summed E-state index contributed by atoms with van der Waals surface area (Å²) in [4.78, 5) is 15.2. The van der Waals surface area contributed by atoms with Gasteiger partial charge in [0.05, 0.1) is 35.9 Å². The van der Waals surface area contributed by atoms with E-state index in [-0.39, 0.29) is 34.6 Å². The Labute approximate surface area is 240 Å². The maximum atomic E-state index is 14.7. The molecule has 2 aliphatic heterocycles. The first-order chi connectivity index (χ1) is 20.1. The summed E-state index contributed by atoms with van der Waals surface area (Å²) < 4.78 is 69.1. The largest absolute Gasteiger partial charge is 0.474 e. The SMILES string of the molecule is Cc1c(Nc2ccc(S(C)(=O)=O)cc2F)ncnc1OC1CC2COCC(C1)N2Cc1nc(-c2ccc(F)cc2)no1. The number of halogens is 2. The molecule has 220 valence electrons. The lowest BCUT2D eigenvalue weighted by Gasteiger charge is -2.47. The van der Waals surface area contributed by atoms with Crippen LogP contribution in [-0.2, 0) is 21.1 Å². The number of benzene rings is 2. The summed E-state index contributed by atoms with van der Waals surface area (Å²) in [6.07, 6.45) is 3.55. The summed E-state index contributed by atoms with van der Waals surface area (Å²) in [7, 11) is -3.54. The molecule has 2 aromatic heterocycles. The fourth-order valence-corrected chi connectivity index (χ4v) is 5.91. The monoisotopic (exact) mass is 598 g/mol. The van der Waals surface area contributed by atoms with E-state index in [9.17, 15) is 17.2 Å². The summed E-state index contributed by atoms with van der Waals surface area (Å²) in [6.45, 7) is 3.26. The standard InChI is InChI=1S/C28H28F2N6O5S/c1-16-26(33-24-8-7-22(11-23(24)30)42(2,37)38)31-15-32-28(16)40-21-9-19-13-39-14-20(10-21)36(19)12-25-34-27(35-41-25)17-3-5-18(29)6-4-17/h3-8,11,15,19-21H,9-10,12-14H2,1-2H3,(H,31,32,33). The Kier molecular flexibility index (Phi) is 7.60. The molecule has 0 amide bonds. The fraction of sp³-hybridized carbons (Fsp3) is 0.357. The number of rotatable bonds is 8. The summed E-state index contributed by atoms with van der Waals surface area (Å²) in [5.74, 6) is 0.535. The smallest absolute Gasteiger partial charge is 0.241 e. The number of sulfone groups is 1. The minimum atomic E-state index is -3.54. The van der Waals surface area contributed by atoms with Crippen molar-refractivity contribution in [2.75, 3.05) is 24.8 Å². The van der Waals surface area contributed by atoms with Gasteiger partial charge in [0.2, 0.25) is 17.6 Å². The molecule has 0 saturated carbocycles. The minimum Gasteiger partial charge on any atom is -0.474 e. The summed E-state index contributed by atoms with van der Waals surface area (Å²) in [6, 6.07) is 9.68. The molecular weight excluding hydrogens is 570 g/mol. The number of ether oxygens (including phenoxy) is 2. The minimum absolute atomic E-state index is 0.0471. The van der Waals surface area contributed by atoms with Crippen molar-refractivity contribution in [3.05, 3.63) is 71.9 Å². The average molecular weight is 599 g/mol. The first-order valence-electron chi connectivity index (χ1n) is 13.3. The van der Waals surface area contributed by atoms with Gasteiger partial charge in [0.15, 0.2) is 9.84 Å². The Balaban J connectivity index is 1.12. The highest BCUT2D eigenvalue weighted by molar-refractivity contribution is 7.90. The molecule has 11 nitrogen and oxygen atoms in total. The van der Waals surface area contributed by atoms with Crippen molar-refractivity contribution in [1.82, 2.24) is 25.0 Å². The van der Waals surface area contributed by atoms with Crippen molar-refractivity contribution >= 4 is 21.3 Å². The van der Waals surface area contributed by atoms with E-state index in [1.165, 1.54) is 30.6 Å². The molecular formula is C28H28F2N6O5S. The molecule has 6 rings (SSSR count). The molecule has 1 N–H and O–H groups in total. The number of nitrogens with zero attached hydrogens (tertiary/aromatic N) is 5. The zero-order chi connectivity index (χ0) is 29.4. The van der Waals surface area contributed by atoms with Crippen LogP contribution < -0.4 is 10.1 Å². The first-order valence-corrected chi connectivity index (χ1v) is 15.2. The maximum absolute atomic E-state index is 14.7. The topological polar surface area (TPSA) is 133 Å². The van der Waals surface area contributed by atoms with E-state index in [2.05, 4.69) is 30.3 Å². The van der Waals surface area contributed by atoms with Gasteiger partial charge in [-0.3, -0.25) is 4.90 Å². The third-order valence-corrected chi connectivity index (χ3v) is 8.56. The Hall–Kier alpha value is -4.01. The number of hydrogen-bond acceptors (Lipinski definition) is 11. The van der Waals surface area contributed by atoms with Gasteiger partial charge in [0, 0.05) is 36.7 Å². The van der Waals surface area contributed by atoms with Crippen molar-refractivity contribution in [3.8, 4) is 17.3 Å². The van der Waals surface area contributed by atoms with Crippen LogP contribution in [0.3, 0.4) is 0 Å². The van der Waals surface area contributed by atoms with E-state index >= 15 is 0 Å². The van der Waals surface area contributed by atoms with E-state index in [4.69, 9.17) is 14.0 Å². The second-order valence-electron chi connectivity index (χ2n) is 10.4. The predicted molar refractivity (Wildman–Crippen MR) is 147 cm³/mol. The number of aromatic nitrogens is 4. The van der Waals surface area contributed by atoms with Gasteiger partial charge < -0.3 is 19.3 Å². The normalized spacial score (nSPS) is 20.8. The third-order valence-electron chi connectivity index (χ3n) is 7.45. The van der Waals surface area contributed by atoms with Crippen molar-refractivity contribution in [3.63, 3.8) is 0 Å². The van der Waals surface area contributed by atoms with Gasteiger partial charge in [-0.1, -0.05) is 5.16 Å². The number of piperidine rings is 1. The second-order valence-corrected chi connectivity index (χ2v) is 12.5. The highest BCUT2D eigenvalue weighted by Gasteiger charge is 2.41. The van der Waals surface area contributed by atoms with Crippen LogP contribution in [0.4, 0.5) is 20.3 Å².